The van der Waals surface area contributed by atoms with Crippen molar-refractivity contribution in [2.45, 2.75) is 25.8 Å². The average Bonchev–Trinajstić information content (AvgIpc) is 3.09. The maximum Gasteiger partial charge on any atom is 0.267 e. The number of nitrogens with zero attached hydrogens (tertiary/aromatic N) is 2. The molecule has 1 aliphatic heterocycles. The SMILES string of the molecule is Cc1cccc(-n2c(C3CCCN3)nc3cccc(Cl)c3c2=O)c1. The van der Waals surface area contributed by atoms with Gasteiger partial charge in [0.1, 0.15) is 5.82 Å². The number of fused-ring (bicyclic) bond motifs is 1. The van der Waals surface area contributed by atoms with Gasteiger partial charge in [0, 0.05) is 0 Å². The molecule has 0 saturated carbocycles. The molecule has 5 heteroatoms. The fourth-order valence-corrected chi connectivity index (χ4v) is 3.61. The fraction of sp³-hybridized carbons (Fsp3) is 0.263. The first kappa shape index (κ1) is 15.4. The first-order valence-corrected chi connectivity index (χ1v) is 8.54. The summed E-state index contributed by atoms with van der Waals surface area (Å²) in [5, 5.41) is 4.37. The minimum atomic E-state index is -0.111. The topological polar surface area (TPSA) is 46.9 Å². The van der Waals surface area contributed by atoms with Crippen molar-refractivity contribution < 1.29 is 0 Å². The molecule has 1 aromatic heterocycles. The van der Waals surface area contributed by atoms with Crippen LogP contribution in [-0.4, -0.2) is 16.1 Å². The molecule has 0 radical (unpaired) electrons. The number of hydrogen-bond donors (Lipinski definition) is 1. The summed E-state index contributed by atoms with van der Waals surface area (Å²) in [7, 11) is 0. The van der Waals surface area contributed by atoms with E-state index in [1.54, 1.807) is 10.6 Å². The number of rotatable bonds is 2. The van der Waals surface area contributed by atoms with Crippen LogP contribution < -0.4 is 10.9 Å². The fourth-order valence-electron chi connectivity index (χ4n) is 3.36. The molecule has 0 spiro atoms. The number of aromatic nitrogens is 2. The Bertz CT molecular complexity index is 974. The van der Waals surface area contributed by atoms with Crippen molar-refractivity contribution in [2.75, 3.05) is 6.54 Å². The van der Waals surface area contributed by atoms with Crippen LogP contribution in [0, 0.1) is 6.92 Å². The van der Waals surface area contributed by atoms with Crippen LogP contribution in [0.15, 0.2) is 47.3 Å². The lowest BCUT2D eigenvalue weighted by atomic mass is 10.1. The zero-order valence-electron chi connectivity index (χ0n) is 13.4. The van der Waals surface area contributed by atoms with Gasteiger partial charge in [-0.25, -0.2) is 4.98 Å². The Morgan fingerprint density at radius 3 is 2.83 bits per heavy atom. The first-order chi connectivity index (χ1) is 11.6. The van der Waals surface area contributed by atoms with E-state index < -0.39 is 0 Å². The van der Waals surface area contributed by atoms with Gasteiger partial charge < -0.3 is 5.32 Å². The second kappa shape index (κ2) is 6.04. The highest BCUT2D eigenvalue weighted by atomic mass is 35.5. The quantitative estimate of drug-likeness (QED) is 0.773. The number of aryl methyl sites for hydroxylation is 1. The maximum atomic E-state index is 13.2. The first-order valence-electron chi connectivity index (χ1n) is 8.17. The molecule has 1 fully saturated rings. The van der Waals surface area contributed by atoms with Crippen molar-refractivity contribution >= 4 is 22.5 Å². The van der Waals surface area contributed by atoms with Crippen LogP contribution in [-0.2, 0) is 0 Å². The van der Waals surface area contributed by atoms with Gasteiger partial charge in [0.15, 0.2) is 0 Å². The Morgan fingerprint density at radius 2 is 2.08 bits per heavy atom. The van der Waals surface area contributed by atoms with E-state index in [-0.39, 0.29) is 11.6 Å². The van der Waals surface area contributed by atoms with E-state index in [1.165, 1.54) is 0 Å². The summed E-state index contributed by atoms with van der Waals surface area (Å²) in [6, 6.07) is 13.4. The molecule has 2 heterocycles. The lowest BCUT2D eigenvalue weighted by Gasteiger charge is -2.18. The van der Waals surface area contributed by atoms with Crippen molar-refractivity contribution in [3.8, 4) is 5.69 Å². The minimum Gasteiger partial charge on any atom is -0.307 e. The summed E-state index contributed by atoms with van der Waals surface area (Å²) in [5.41, 5.74) is 2.47. The average molecular weight is 340 g/mol. The normalized spacial score (nSPS) is 17.5. The van der Waals surface area contributed by atoms with Crippen LogP contribution in [0.4, 0.5) is 0 Å². The summed E-state index contributed by atoms with van der Waals surface area (Å²) >= 11 is 6.30. The molecule has 4 nitrogen and oxygen atoms in total. The van der Waals surface area contributed by atoms with Gasteiger partial charge in [-0.3, -0.25) is 9.36 Å². The van der Waals surface area contributed by atoms with Crippen LogP contribution >= 0.6 is 11.6 Å². The molecule has 1 aliphatic rings. The number of benzene rings is 2. The molecule has 122 valence electrons. The third-order valence-corrected chi connectivity index (χ3v) is 4.82. The van der Waals surface area contributed by atoms with E-state index in [4.69, 9.17) is 16.6 Å². The number of halogens is 1. The molecule has 4 rings (SSSR count). The van der Waals surface area contributed by atoms with E-state index >= 15 is 0 Å². The molecule has 0 amide bonds. The third kappa shape index (κ3) is 2.52. The molecular weight excluding hydrogens is 322 g/mol. The molecule has 3 aromatic rings. The Labute approximate surface area is 145 Å². The highest BCUT2D eigenvalue weighted by molar-refractivity contribution is 6.35. The van der Waals surface area contributed by atoms with Gasteiger partial charge in [-0.05, 0) is 56.1 Å². The second-order valence-corrected chi connectivity index (χ2v) is 6.64. The largest absolute Gasteiger partial charge is 0.307 e. The van der Waals surface area contributed by atoms with E-state index in [9.17, 15) is 4.79 Å². The molecule has 0 aliphatic carbocycles. The molecular formula is C19H18ClN3O. The van der Waals surface area contributed by atoms with E-state index in [1.807, 2.05) is 43.3 Å². The highest BCUT2D eigenvalue weighted by Crippen LogP contribution is 2.26. The summed E-state index contributed by atoms with van der Waals surface area (Å²) in [4.78, 5) is 18.1. The van der Waals surface area contributed by atoms with Crippen LogP contribution in [0.5, 0.6) is 0 Å². The van der Waals surface area contributed by atoms with Crippen molar-refractivity contribution in [3.63, 3.8) is 0 Å². The van der Waals surface area contributed by atoms with Crippen LogP contribution in [0.2, 0.25) is 5.02 Å². The van der Waals surface area contributed by atoms with Crippen LogP contribution in [0.25, 0.3) is 16.6 Å². The van der Waals surface area contributed by atoms with Gasteiger partial charge in [0.25, 0.3) is 5.56 Å². The molecule has 1 unspecified atom stereocenters. The predicted molar refractivity (Wildman–Crippen MR) is 97.1 cm³/mol. The van der Waals surface area contributed by atoms with E-state index in [0.29, 0.717) is 15.9 Å². The van der Waals surface area contributed by atoms with Gasteiger partial charge >= 0.3 is 0 Å². The van der Waals surface area contributed by atoms with Gasteiger partial charge in [-0.1, -0.05) is 29.8 Å². The Balaban J connectivity index is 2.08. The number of hydrogen-bond acceptors (Lipinski definition) is 3. The molecule has 0 bridgehead atoms. The van der Waals surface area contributed by atoms with Crippen molar-refractivity contribution in [1.29, 1.82) is 0 Å². The van der Waals surface area contributed by atoms with Crippen molar-refractivity contribution in [3.05, 3.63) is 69.2 Å². The monoisotopic (exact) mass is 339 g/mol. The number of nitrogens with one attached hydrogen (secondary N) is 1. The summed E-state index contributed by atoms with van der Waals surface area (Å²) in [6.07, 6.45) is 2.06. The van der Waals surface area contributed by atoms with Crippen molar-refractivity contribution in [1.82, 2.24) is 14.9 Å². The summed E-state index contributed by atoms with van der Waals surface area (Å²) in [6.45, 7) is 2.96. The van der Waals surface area contributed by atoms with Crippen molar-refractivity contribution in [2.24, 2.45) is 0 Å². The lowest BCUT2D eigenvalue weighted by Crippen LogP contribution is -2.29. The maximum absolute atomic E-state index is 13.2. The van der Waals surface area contributed by atoms with Gasteiger partial charge in [-0.2, -0.15) is 0 Å². The van der Waals surface area contributed by atoms with Crippen LogP contribution in [0.3, 0.4) is 0 Å². The van der Waals surface area contributed by atoms with E-state index in [0.717, 1.165) is 36.5 Å². The van der Waals surface area contributed by atoms with Gasteiger partial charge in [0.2, 0.25) is 0 Å². The molecule has 2 aromatic carbocycles. The molecule has 1 saturated heterocycles. The third-order valence-electron chi connectivity index (χ3n) is 4.50. The van der Waals surface area contributed by atoms with E-state index in [2.05, 4.69) is 5.32 Å². The minimum absolute atomic E-state index is 0.0848. The lowest BCUT2D eigenvalue weighted by molar-refractivity contribution is 0.584. The van der Waals surface area contributed by atoms with Gasteiger partial charge in [-0.15, -0.1) is 0 Å². The smallest absolute Gasteiger partial charge is 0.267 e. The molecule has 24 heavy (non-hydrogen) atoms. The van der Waals surface area contributed by atoms with Crippen LogP contribution in [0.1, 0.15) is 30.3 Å². The summed E-state index contributed by atoms with van der Waals surface area (Å²) in [5.74, 6) is 0.762. The highest BCUT2D eigenvalue weighted by Gasteiger charge is 2.24. The predicted octanol–water partition coefficient (Wildman–Crippen LogP) is 3.77. The Kier molecular flexibility index (Phi) is 3.87. The Morgan fingerprint density at radius 1 is 1.25 bits per heavy atom. The second-order valence-electron chi connectivity index (χ2n) is 6.23. The zero-order chi connectivity index (χ0) is 16.7. The molecule has 1 atom stereocenters. The Hall–Kier alpha value is -2.17. The summed E-state index contributed by atoms with van der Waals surface area (Å²) < 4.78 is 1.71. The zero-order valence-corrected chi connectivity index (χ0v) is 14.2. The van der Waals surface area contributed by atoms with Gasteiger partial charge in [0.05, 0.1) is 27.7 Å². The standard InChI is InChI=1S/C19H18ClN3O/c1-12-5-2-6-13(11-12)23-18(16-9-4-10-21-16)22-15-8-3-7-14(20)17(15)19(23)24/h2-3,5-8,11,16,21H,4,9-10H2,1H3. The molecule has 1 N–H and O–H groups in total.